The van der Waals surface area contributed by atoms with Gasteiger partial charge in [0.1, 0.15) is 0 Å². The Morgan fingerprint density at radius 3 is 2.82 bits per heavy atom. The van der Waals surface area contributed by atoms with Crippen molar-refractivity contribution in [3.05, 3.63) is 39.3 Å². The lowest BCUT2D eigenvalue weighted by Gasteiger charge is -2.19. The zero-order chi connectivity index (χ0) is 20.5. The van der Waals surface area contributed by atoms with Crippen LogP contribution in [0.4, 0.5) is 0 Å². The van der Waals surface area contributed by atoms with Crippen molar-refractivity contribution in [1.29, 1.82) is 0 Å². The van der Waals surface area contributed by atoms with E-state index in [2.05, 4.69) is 10.4 Å². The third-order valence-corrected chi connectivity index (χ3v) is 8.02. The van der Waals surface area contributed by atoms with E-state index in [4.69, 9.17) is 0 Å². The number of hydrogen-bond donors (Lipinski definition) is 1. The summed E-state index contributed by atoms with van der Waals surface area (Å²) in [5.74, 6) is 0.370. The second-order valence-corrected chi connectivity index (χ2v) is 10.8. The first kappa shape index (κ1) is 21.0. The van der Waals surface area contributed by atoms with E-state index in [-0.39, 0.29) is 36.0 Å². The highest BCUT2D eigenvalue weighted by atomic mass is 32.2. The molecule has 1 fully saturated rings. The number of likely N-dealkylation sites (N-methyl/N-ethyl adjacent to an activating group) is 1. The Kier molecular flexibility index (Phi) is 6.26. The van der Waals surface area contributed by atoms with Gasteiger partial charge in [-0.2, -0.15) is 5.10 Å². The lowest BCUT2D eigenvalue weighted by atomic mass is 10.1. The number of carbonyl (C=O) groups excluding carboxylic acids is 1. The van der Waals surface area contributed by atoms with Gasteiger partial charge in [0.25, 0.3) is 0 Å². The van der Waals surface area contributed by atoms with Crippen LogP contribution >= 0.6 is 11.3 Å². The summed E-state index contributed by atoms with van der Waals surface area (Å²) in [6.07, 6.45) is 0.614. The molecule has 1 N–H and O–H groups in total. The summed E-state index contributed by atoms with van der Waals surface area (Å²) in [6.45, 7) is 6.79. The van der Waals surface area contributed by atoms with Crippen molar-refractivity contribution in [1.82, 2.24) is 20.0 Å². The van der Waals surface area contributed by atoms with Crippen LogP contribution in [0.1, 0.15) is 47.3 Å². The van der Waals surface area contributed by atoms with E-state index in [9.17, 15) is 13.2 Å². The third-order valence-electron chi connectivity index (χ3n) is 5.22. The van der Waals surface area contributed by atoms with Crippen molar-refractivity contribution in [3.8, 4) is 0 Å². The minimum Gasteiger partial charge on any atom is -0.348 e. The fourth-order valence-corrected chi connectivity index (χ4v) is 6.14. The molecule has 0 aliphatic carbocycles. The maximum absolute atomic E-state index is 12.4. The van der Waals surface area contributed by atoms with Crippen LogP contribution < -0.4 is 5.32 Å². The molecule has 0 unspecified atom stereocenters. The number of thiophene rings is 1. The minimum absolute atomic E-state index is 0.00330. The summed E-state index contributed by atoms with van der Waals surface area (Å²) in [6, 6.07) is 3.91. The molecule has 1 saturated heterocycles. The van der Waals surface area contributed by atoms with E-state index in [1.165, 1.54) is 0 Å². The summed E-state index contributed by atoms with van der Waals surface area (Å²) < 4.78 is 25.5. The van der Waals surface area contributed by atoms with Crippen LogP contribution in [-0.4, -0.2) is 54.1 Å². The van der Waals surface area contributed by atoms with Crippen LogP contribution in [0.5, 0.6) is 0 Å². The van der Waals surface area contributed by atoms with Crippen LogP contribution in [0, 0.1) is 13.8 Å². The van der Waals surface area contributed by atoms with E-state index in [1.807, 2.05) is 54.9 Å². The zero-order valence-corrected chi connectivity index (χ0v) is 18.4. The molecule has 2 atom stereocenters. The number of nitrogens with one attached hydrogen (secondary N) is 1. The fraction of sp³-hybridized carbons (Fsp3) is 0.579. The Morgan fingerprint density at radius 1 is 1.46 bits per heavy atom. The number of sulfone groups is 1. The van der Waals surface area contributed by atoms with Crippen molar-refractivity contribution >= 4 is 27.1 Å². The maximum atomic E-state index is 12.4. The maximum Gasteiger partial charge on any atom is 0.234 e. The largest absolute Gasteiger partial charge is 0.348 e. The van der Waals surface area contributed by atoms with Crippen molar-refractivity contribution in [2.24, 2.45) is 0 Å². The quantitative estimate of drug-likeness (QED) is 0.737. The van der Waals surface area contributed by atoms with E-state index in [0.717, 1.165) is 21.8 Å². The van der Waals surface area contributed by atoms with Gasteiger partial charge in [0, 0.05) is 22.7 Å². The van der Waals surface area contributed by atoms with Crippen molar-refractivity contribution in [2.45, 2.75) is 45.8 Å². The van der Waals surface area contributed by atoms with Crippen molar-refractivity contribution < 1.29 is 13.2 Å². The summed E-state index contributed by atoms with van der Waals surface area (Å²) >= 11 is 1.63. The average Bonchev–Trinajstić information content (AvgIpc) is 3.31. The Balaban J connectivity index is 1.61. The molecule has 0 aromatic carbocycles. The standard InChI is InChI=1S/C19H28N4O3S2/c1-13-17(15(3)23(21-13)16-7-9-28(25,26)12-16)10-22(4)11-19(24)20-14(2)18-6-5-8-27-18/h5-6,8,14,16H,7,9-12H2,1-4H3,(H,20,24)/t14-,16+/m0/s1. The molecule has 1 aliphatic heterocycles. The van der Waals surface area contributed by atoms with Crippen LogP contribution in [0.15, 0.2) is 17.5 Å². The summed E-state index contributed by atoms with van der Waals surface area (Å²) in [5.41, 5.74) is 2.94. The SMILES string of the molecule is Cc1nn([C@@H]2CCS(=O)(=O)C2)c(C)c1CN(C)CC(=O)N[C@@H](C)c1cccs1. The third kappa shape index (κ3) is 4.82. The molecular formula is C19H28N4O3S2. The van der Waals surface area contributed by atoms with Crippen LogP contribution in [0.25, 0.3) is 0 Å². The van der Waals surface area contributed by atoms with Gasteiger partial charge in [-0.25, -0.2) is 8.42 Å². The van der Waals surface area contributed by atoms with E-state index in [1.54, 1.807) is 11.3 Å². The minimum atomic E-state index is -2.96. The van der Waals surface area contributed by atoms with Crippen molar-refractivity contribution in [2.75, 3.05) is 25.1 Å². The van der Waals surface area contributed by atoms with Crippen LogP contribution in [0.2, 0.25) is 0 Å². The molecule has 2 aromatic rings. The number of amides is 1. The van der Waals surface area contributed by atoms with Crippen LogP contribution in [0.3, 0.4) is 0 Å². The van der Waals surface area contributed by atoms with E-state index >= 15 is 0 Å². The molecule has 3 rings (SSSR count). The highest BCUT2D eigenvalue weighted by molar-refractivity contribution is 7.91. The predicted molar refractivity (Wildman–Crippen MR) is 111 cm³/mol. The van der Waals surface area contributed by atoms with Gasteiger partial charge in [-0.3, -0.25) is 14.4 Å². The Morgan fingerprint density at radius 2 is 2.21 bits per heavy atom. The summed E-state index contributed by atoms with van der Waals surface area (Å²) in [5, 5.41) is 9.63. The molecule has 0 bridgehead atoms. The van der Waals surface area contributed by atoms with Gasteiger partial charge in [0.2, 0.25) is 5.91 Å². The second kappa shape index (κ2) is 8.34. The second-order valence-electron chi connectivity index (χ2n) is 7.63. The van der Waals surface area contributed by atoms with Gasteiger partial charge in [-0.05, 0) is 45.7 Å². The number of rotatable bonds is 7. The lowest BCUT2D eigenvalue weighted by molar-refractivity contribution is -0.122. The first-order valence-corrected chi connectivity index (χ1v) is 12.1. The molecule has 9 heteroatoms. The average molecular weight is 425 g/mol. The Labute approximate surface area is 170 Å². The topological polar surface area (TPSA) is 84.3 Å². The molecule has 28 heavy (non-hydrogen) atoms. The lowest BCUT2D eigenvalue weighted by Crippen LogP contribution is -2.36. The summed E-state index contributed by atoms with van der Waals surface area (Å²) in [7, 11) is -1.05. The molecule has 1 amide bonds. The molecule has 2 aromatic heterocycles. The van der Waals surface area contributed by atoms with Gasteiger partial charge in [-0.1, -0.05) is 6.07 Å². The smallest absolute Gasteiger partial charge is 0.234 e. The number of aryl methyl sites for hydroxylation is 1. The molecule has 0 saturated carbocycles. The number of carbonyl (C=O) groups is 1. The van der Waals surface area contributed by atoms with Gasteiger partial charge < -0.3 is 5.32 Å². The molecule has 3 heterocycles. The number of nitrogens with zero attached hydrogens (tertiary/aromatic N) is 3. The molecule has 7 nitrogen and oxygen atoms in total. The van der Waals surface area contributed by atoms with Gasteiger partial charge in [-0.15, -0.1) is 11.3 Å². The van der Waals surface area contributed by atoms with E-state index in [0.29, 0.717) is 13.0 Å². The molecule has 1 aliphatic rings. The molecule has 154 valence electrons. The number of hydrogen-bond acceptors (Lipinski definition) is 6. The molecular weight excluding hydrogens is 396 g/mol. The summed E-state index contributed by atoms with van der Waals surface area (Å²) in [4.78, 5) is 15.5. The fourth-order valence-electron chi connectivity index (χ4n) is 3.72. The van der Waals surface area contributed by atoms with Crippen LogP contribution in [-0.2, 0) is 21.2 Å². The normalized spacial score (nSPS) is 19.8. The van der Waals surface area contributed by atoms with Gasteiger partial charge >= 0.3 is 0 Å². The van der Waals surface area contributed by atoms with Gasteiger partial charge in [0.05, 0.1) is 35.8 Å². The Bertz CT molecular complexity index is 935. The van der Waals surface area contributed by atoms with E-state index < -0.39 is 9.84 Å². The van der Waals surface area contributed by atoms with Crippen molar-refractivity contribution in [3.63, 3.8) is 0 Å². The zero-order valence-electron chi connectivity index (χ0n) is 16.8. The predicted octanol–water partition coefficient (Wildman–Crippen LogP) is 2.23. The highest BCUT2D eigenvalue weighted by Crippen LogP contribution is 2.27. The van der Waals surface area contributed by atoms with Gasteiger partial charge in [0.15, 0.2) is 9.84 Å². The molecule has 0 radical (unpaired) electrons. The first-order chi connectivity index (χ1) is 13.2. The number of aromatic nitrogens is 2. The molecule has 0 spiro atoms. The first-order valence-electron chi connectivity index (χ1n) is 9.42. The Hall–Kier alpha value is -1.71. The monoisotopic (exact) mass is 424 g/mol. The highest BCUT2D eigenvalue weighted by Gasteiger charge is 2.31.